The predicted molar refractivity (Wildman–Crippen MR) is 480 cm³/mol. The number of ether oxygens (including phenoxy) is 3. The van der Waals surface area contributed by atoms with Gasteiger partial charge in [-0.2, -0.15) is 5.10 Å². The fourth-order valence-corrected chi connectivity index (χ4v) is 25.7. The van der Waals surface area contributed by atoms with Crippen molar-refractivity contribution in [3.63, 3.8) is 0 Å². The van der Waals surface area contributed by atoms with Crippen molar-refractivity contribution in [1.82, 2.24) is 29.7 Å². The summed E-state index contributed by atoms with van der Waals surface area (Å²) in [6.07, 6.45) is 30.6. The molecule has 6 aromatic rings. The maximum absolute atomic E-state index is 12.9. The van der Waals surface area contributed by atoms with Crippen LogP contribution in [0.3, 0.4) is 0 Å². The van der Waals surface area contributed by atoms with E-state index in [1.54, 1.807) is 135 Å². The minimum absolute atomic E-state index is 0.00662. The van der Waals surface area contributed by atoms with Gasteiger partial charge in [0, 0.05) is 67.8 Å². The molecule has 5 aromatic heterocycles. The van der Waals surface area contributed by atoms with E-state index in [4.69, 9.17) is 20.6 Å². The number of ketones is 3. The van der Waals surface area contributed by atoms with Crippen LogP contribution in [0, 0.1) is 49.5 Å². The van der Waals surface area contributed by atoms with Gasteiger partial charge < -0.3 is 34.6 Å². The Morgan fingerprint density at radius 2 is 0.854 bits per heavy atom. The highest BCUT2D eigenvalue weighted by molar-refractivity contribution is 14.1. The molecule has 14 rings (SSSR count). The van der Waals surface area contributed by atoms with Gasteiger partial charge in [0.2, 0.25) is 0 Å². The number of para-hydroxylation sites is 1. The number of hydrogen-bond acceptors (Lipinski definition) is 23. The van der Waals surface area contributed by atoms with Crippen LogP contribution in [0.2, 0.25) is 0 Å². The van der Waals surface area contributed by atoms with Crippen molar-refractivity contribution in [2.24, 2.45) is 21.7 Å². The first kappa shape index (κ1) is 97.6. The molecule has 4 fully saturated rings. The molecule has 0 aliphatic heterocycles. The van der Waals surface area contributed by atoms with Gasteiger partial charge in [0.15, 0.2) is 56.7 Å². The number of nitrogens with zero attached hydrogens (tertiary/aromatic N) is 6. The summed E-state index contributed by atoms with van der Waals surface area (Å²) in [6.45, 7) is 21.4. The van der Waals surface area contributed by atoms with Gasteiger partial charge in [0.05, 0.1) is 75.9 Å². The van der Waals surface area contributed by atoms with E-state index in [9.17, 15) is 68.5 Å². The third-order valence-electron chi connectivity index (χ3n) is 27.5. The number of methoxy groups -OCH3 is 3. The van der Waals surface area contributed by atoms with Gasteiger partial charge in [0.25, 0.3) is 0 Å². The number of pyridine rings is 4. The van der Waals surface area contributed by atoms with Gasteiger partial charge in [-0.05, 0) is 303 Å². The lowest BCUT2D eigenvalue weighted by Crippen LogP contribution is -2.50. The Kier molecular flexibility index (Phi) is 30.5. The third kappa shape index (κ3) is 18.4. The summed E-state index contributed by atoms with van der Waals surface area (Å²) < 4.78 is 118. The fraction of sp³-hybridized carbons (Fsp3) is 0.532. The number of sulfone groups is 4. The van der Waals surface area contributed by atoms with Crippen LogP contribution in [0.1, 0.15) is 221 Å². The Morgan fingerprint density at radius 3 is 1.29 bits per heavy atom. The zero-order valence-electron chi connectivity index (χ0n) is 73.2. The van der Waals surface area contributed by atoms with E-state index in [0.717, 1.165) is 59.3 Å². The molecule has 4 N–H and O–H groups in total. The first-order valence-electron chi connectivity index (χ1n) is 42.4. The Balaban J connectivity index is 0.000000167. The molecular formula is C94H119IN6O18S4. The number of rotatable bonds is 22. The second kappa shape index (κ2) is 38.5. The zero-order chi connectivity index (χ0) is 90.5. The zero-order valence-corrected chi connectivity index (χ0v) is 78.6. The first-order valence-corrected chi connectivity index (χ1v) is 49.6. The second-order valence-corrected chi connectivity index (χ2v) is 45.4. The average molecular weight is 1880 g/mol. The van der Waals surface area contributed by atoms with Crippen molar-refractivity contribution in [3.05, 3.63) is 182 Å². The number of hydrogen-bond donors (Lipinski definition) is 4. The smallest absolute Gasteiger partial charge is 0.184 e. The molecule has 0 saturated heterocycles. The molecule has 0 bridgehead atoms. The maximum Gasteiger partial charge on any atom is 0.184 e. The standard InChI is InChI=1S/C28H33N3O3S.C22H31NO5S.C22H27NO5S.C14H18O3.C8H10INO2S/c1-4-27-18-21-19-30-31(23-9-6-5-7-10-23)25(21)17-22(27)12-14-28(27,32)15-13-24-26(11-8-16-29-24)35(33,34)20(2)3;2*1-5-21-14-19(28-4)18(24)13-16(21)8-10-22(21,25)11-9-17-20(7-6-12-23-17)29(26,27)15(2)3;1-4-13-9-12(17-3)11(15)8-10(13)6-7-14(13,16)5-2;1-6(2)13(11,12)7-4-3-5-10-8(7)9/h5-11,16-17,19-20,32H,4,12-15,18H2,1-3H3;6-7,12-13,15,19,25H,5,8-11,14H2,1-4H3;6-7,12-13,15,19,25H,5,8,10,14H2,1-4H3;2,8,12,16H,4,6-7,9H2,1,3H3;3-6H,1-2H3/t27-,28+;2*19?,21-,22+;12?,13-,14-;/m0000./s1. The predicted octanol–water partition coefficient (Wildman–Crippen LogP) is 13.7. The van der Waals surface area contributed by atoms with Crippen LogP contribution >= 0.6 is 22.6 Å². The highest BCUT2D eigenvalue weighted by Gasteiger charge is 2.62. The number of carbonyl (C=O) groups excluding carboxylic acids is 3. The summed E-state index contributed by atoms with van der Waals surface area (Å²) >= 11 is 1.93. The number of aryl methyl sites for hydroxylation is 2. The minimum Gasteiger partial charge on any atom is -0.389 e. The molecule has 8 aliphatic rings. The van der Waals surface area contributed by atoms with E-state index in [1.807, 2.05) is 84.6 Å². The number of aromatic nitrogens is 6. The quantitative estimate of drug-likeness (QED) is 0.0279. The van der Waals surface area contributed by atoms with Crippen LogP contribution in [0.25, 0.3) is 11.8 Å². The van der Waals surface area contributed by atoms with Crippen LogP contribution in [0.5, 0.6) is 0 Å². The van der Waals surface area contributed by atoms with Gasteiger partial charge in [-0.3, -0.25) is 24.4 Å². The highest BCUT2D eigenvalue weighted by atomic mass is 127. The van der Waals surface area contributed by atoms with Gasteiger partial charge in [-0.15, -0.1) is 6.42 Å². The molecule has 0 amide bonds. The highest BCUT2D eigenvalue weighted by Crippen LogP contribution is 2.62. The van der Waals surface area contributed by atoms with Crippen molar-refractivity contribution < 1.29 is 82.7 Å². The molecule has 1 aromatic carbocycles. The van der Waals surface area contributed by atoms with Crippen LogP contribution in [-0.4, -0.2) is 184 Å². The summed E-state index contributed by atoms with van der Waals surface area (Å²) in [7, 11) is -9.11. The number of benzene rings is 1. The topological polar surface area (TPSA) is 366 Å². The molecule has 24 nitrogen and oxygen atoms in total. The Hall–Kier alpha value is -7.63. The molecule has 5 heterocycles. The van der Waals surface area contributed by atoms with Crippen LogP contribution in [0.15, 0.2) is 170 Å². The number of aliphatic hydroxyl groups is 4. The van der Waals surface area contributed by atoms with Gasteiger partial charge >= 0.3 is 0 Å². The summed E-state index contributed by atoms with van der Waals surface area (Å²) in [5.41, 5.74) is 2.04. The largest absolute Gasteiger partial charge is 0.389 e. The van der Waals surface area contributed by atoms with E-state index in [-0.39, 0.29) is 43.1 Å². The SMILES string of the molecule is C#C[C@]1(O)CCC2=CC(=O)C(OC)C[C@@]21CC.CC(C)S(=O)(=O)c1cccnc1I.CC[C@]12CC(OC)C(=O)C=C1CC[C@@]2(O)C#Cc1ncccc1S(=O)(=O)C(C)C.CC[C@]12CC(OC)C(=O)C=C1CC[C@@]2(O)CCc1ncccc1S(=O)(=O)C(C)C.CC[C@]12Cc3cnn(-c4ccccc4)c3C=C1CC[C@@]2(O)CCc1ncccc1S(=O)(=O)C(C)C. The summed E-state index contributed by atoms with van der Waals surface area (Å²) in [5.74, 6) is 8.21. The Morgan fingerprint density at radius 1 is 0.480 bits per heavy atom. The van der Waals surface area contributed by atoms with E-state index >= 15 is 0 Å². The normalized spacial score (nSPS) is 27.6. The molecule has 0 spiro atoms. The van der Waals surface area contributed by atoms with Gasteiger partial charge in [0.1, 0.15) is 43.8 Å². The number of terminal acetylenes is 1. The monoisotopic (exact) mass is 1870 g/mol. The van der Waals surface area contributed by atoms with Crippen LogP contribution < -0.4 is 0 Å². The van der Waals surface area contributed by atoms with Crippen molar-refractivity contribution >= 4 is 85.4 Å². The molecule has 0 radical (unpaired) electrons. The number of carbonyl (C=O) groups is 3. The number of fused-ring (bicyclic) bond motifs is 5. The van der Waals surface area contributed by atoms with Crippen molar-refractivity contribution in [2.45, 2.75) is 293 Å². The molecule has 29 heteroatoms. The van der Waals surface area contributed by atoms with Crippen molar-refractivity contribution in [3.8, 4) is 29.9 Å². The lowest BCUT2D eigenvalue weighted by Gasteiger charge is -2.46. The van der Waals surface area contributed by atoms with E-state index < -0.39 is 117 Å². The van der Waals surface area contributed by atoms with E-state index in [1.165, 1.54) is 39.2 Å². The minimum atomic E-state index is -3.56. The molecule has 123 heavy (non-hydrogen) atoms. The summed E-state index contributed by atoms with van der Waals surface area (Å²) in [6, 6.07) is 22.9. The fourth-order valence-electron chi connectivity index (χ4n) is 19.7. The van der Waals surface area contributed by atoms with E-state index in [2.05, 4.69) is 55.8 Å². The molecule has 3 unspecified atom stereocenters. The summed E-state index contributed by atoms with van der Waals surface area (Å²) in [5, 5.41) is 48.6. The van der Waals surface area contributed by atoms with Gasteiger partial charge in [-0.25, -0.2) is 48.3 Å². The van der Waals surface area contributed by atoms with Crippen LogP contribution in [0.4, 0.5) is 0 Å². The molecule has 8 aliphatic carbocycles. The Labute approximate surface area is 740 Å². The first-order chi connectivity index (χ1) is 57.9. The maximum atomic E-state index is 12.9. The molecule has 11 atom stereocenters. The second-order valence-electron chi connectivity index (χ2n) is 34.5. The average Bonchev–Trinajstić information content (AvgIpc) is 1.58. The van der Waals surface area contributed by atoms with E-state index in [0.29, 0.717) is 123 Å². The summed E-state index contributed by atoms with van der Waals surface area (Å²) in [4.78, 5) is 54.1. The Bertz CT molecular complexity index is 5670. The van der Waals surface area contributed by atoms with Crippen molar-refractivity contribution in [2.75, 3.05) is 21.3 Å². The third-order valence-corrected chi connectivity index (χ3v) is 37.5. The van der Waals surface area contributed by atoms with Gasteiger partial charge in [-0.1, -0.05) is 80.0 Å². The molecule has 664 valence electrons. The molecular weight excluding hydrogens is 1760 g/mol. The lowest BCUT2D eigenvalue weighted by molar-refractivity contribution is -0.133. The lowest BCUT2D eigenvalue weighted by atomic mass is 9.62. The van der Waals surface area contributed by atoms with Crippen molar-refractivity contribution in [1.29, 1.82) is 0 Å². The molecule has 4 saturated carbocycles. The van der Waals surface area contributed by atoms with Crippen LogP contribution in [-0.2, 0) is 87.2 Å². The number of halogens is 1.